The zero-order chi connectivity index (χ0) is 15.3. The van der Waals surface area contributed by atoms with Gasteiger partial charge in [0.05, 0.1) is 11.3 Å². The summed E-state index contributed by atoms with van der Waals surface area (Å²) in [7, 11) is 0. The van der Waals surface area contributed by atoms with Crippen LogP contribution in [0.2, 0.25) is 0 Å². The van der Waals surface area contributed by atoms with Crippen LogP contribution < -0.4 is 4.90 Å². The van der Waals surface area contributed by atoms with Gasteiger partial charge in [-0.2, -0.15) is 0 Å². The van der Waals surface area contributed by atoms with Crippen LogP contribution in [0.15, 0.2) is 21.1 Å². The van der Waals surface area contributed by atoms with Crippen molar-refractivity contribution in [2.45, 2.75) is 25.0 Å². The lowest BCUT2D eigenvalue weighted by atomic mass is 10.1. The van der Waals surface area contributed by atoms with Crippen molar-refractivity contribution in [1.82, 2.24) is 0 Å². The highest BCUT2D eigenvalue weighted by atomic mass is 79.9. The second-order valence-corrected chi connectivity index (χ2v) is 6.56. The van der Waals surface area contributed by atoms with Crippen molar-refractivity contribution in [3.8, 4) is 0 Å². The monoisotopic (exact) mass is 417 g/mol. The first-order valence-electron chi connectivity index (χ1n) is 6.15. The summed E-state index contributed by atoms with van der Waals surface area (Å²) in [6.07, 6.45) is -0.403. The summed E-state index contributed by atoms with van der Waals surface area (Å²) in [5.74, 6) is -2.25. The highest BCUT2D eigenvalue weighted by molar-refractivity contribution is 9.11. The predicted octanol–water partition coefficient (Wildman–Crippen LogP) is 2.33. The average Bonchev–Trinajstić information content (AvgIpc) is 2.85. The highest BCUT2D eigenvalue weighted by Gasteiger charge is 2.48. The van der Waals surface area contributed by atoms with Gasteiger partial charge in [0.2, 0.25) is 0 Å². The first-order chi connectivity index (χ1) is 9.90. The van der Waals surface area contributed by atoms with Gasteiger partial charge in [-0.25, -0.2) is 9.69 Å². The molecule has 21 heavy (non-hydrogen) atoms. The van der Waals surface area contributed by atoms with Crippen molar-refractivity contribution in [2.24, 2.45) is 0 Å². The fourth-order valence-corrected chi connectivity index (χ4v) is 3.98. The molecule has 110 valence electrons. The molecule has 2 aliphatic heterocycles. The Morgan fingerprint density at radius 2 is 1.76 bits per heavy atom. The van der Waals surface area contributed by atoms with Crippen molar-refractivity contribution in [3.63, 3.8) is 0 Å². The topological polar surface area (TPSA) is 83.9 Å². The summed E-state index contributed by atoms with van der Waals surface area (Å²) < 4.78 is 6.22. The van der Waals surface area contributed by atoms with E-state index in [1.54, 1.807) is 6.07 Å². The van der Waals surface area contributed by atoms with Crippen LogP contribution in [0.5, 0.6) is 0 Å². The van der Waals surface area contributed by atoms with Crippen LogP contribution in [0, 0.1) is 0 Å². The number of halogens is 2. The van der Waals surface area contributed by atoms with Crippen LogP contribution in [0.1, 0.15) is 23.2 Å². The molecule has 0 saturated carbocycles. The number of anilines is 1. The van der Waals surface area contributed by atoms with Gasteiger partial charge in [-0.05, 0) is 40.9 Å². The third kappa shape index (κ3) is 2.31. The number of amides is 2. The minimum Gasteiger partial charge on any atom is -0.478 e. The van der Waals surface area contributed by atoms with Gasteiger partial charge in [0.1, 0.15) is 12.2 Å². The van der Waals surface area contributed by atoms with E-state index < -0.39 is 30.0 Å². The number of carbonyl (C=O) groups excluding carboxylic acids is 2. The Balaban J connectivity index is 2.18. The number of carboxylic acids is 1. The van der Waals surface area contributed by atoms with Crippen LogP contribution in [-0.4, -0.2) is 35.1 Å². The number of carbonyl (C=O) groups is 3. The van der Waals surface area contributed by atoms with Crippen molar-refractivity contribution in [1.29, 1.82) is 0 Å². The van der Waals surface area contributed by atoms with E-state index in [4.69, 9.17) is 4.74 Å². The molecule has 2 heterocycles. The molecule has 1 aromatic rings. The largest absolute Gasteiger partial charge is 0.478 e. The van der Waals surface area contributed by atoms with E-state index in [1.807, 2.05) is 0 Å². The van der Waals surface area contributed by atoms with Crippen LogP contribution in [0.3, 0.4) is 0 Å². The molecule has 0 spiro atoms. The van der Waals surface area contributed by atoms with Gasteiger partial charge in [-0.15, -0.1) is 0 Å². The van der Waals surface area contributed by atoms with E-state index in [-0.39, 0.29) is 11.3 Å². The molecule has 0 aliphatic carbocycles. The van der Waals surface area contributed by atoms with Crippen LogP contribution >= 0.6 is 31.9 Å². The second kappa shape index (κ2) is 5.19. The molecule has 0 aromatic heterocycles. The summed E-state index contributed by atoms with van der Waals surface area (Å²) >= 11 is 6.44. The molecule has 0 radical (unpaired) electrons. The summed E-state index contributed by atoms with van der Waals surface area (Å²) in [6.45, 7) is 0. The second-order valence-electron chi connectivity index (χ2n) is 4.79. The Bertz CT molecular complexity index is 653. The third-order valence-electron chi connectivity index (χ3n) is 3.49. The Hall–Kier alpha value is -1.25. The SMILES string of the molecule is O=C(O)c1cc(Br)cc(Br)c1N1C(=O)C2CCC(O2)C1=O. The summed E-state index contributed by atoms with van der Waals surface area (Å²) in [6, 6.07) is 2.96. The van der Waals surface area contributed by atoms with Crippen LogP contribution in [0.25, 0.3) is 0 Å². The first-order valence-corrected chi connectivity index (χ1v) is 7.74. The molecule has 2 atom stereocenters. The molecule has 2 saturated heterocycles. The minimum absolute atomic E-state index is 0.0564. The number of rotatable bonds is 2. The lowest BCUT2D eigenvalue weighted by Gasteiger charge is -2.31. The van der Waals surface area contributed by atoms with E-state index >= 15 is 0 Å². The number of carboxylic acid groups (broad SMARTS) is 1. The number of hydrogen-bond acceptors (Lipinski definition) is 4. The molecule has 3 rings (SSSR count). The number of imide groups is 1. The number of hydrogen-bond donors (Lipinski definition) is 1. The van der Waals surface area contributed by atoms with E-state index in [9.17, 15) is 19.5 Å². The quantitative estimate of drug-likeness (QED) is 0.745. The lowest BCUT2D eigenvalue weighted by Crippen LogP contribution is -2.52. The Labute approximate surface area is 136 Å². The molecule has 8 heteroatoms. The lowest BCUT2D eigenvalue weighted by molar-refractivity contribution is -0.146. The first kappa shape index (κ1) is 14.7. The highest BCUT2D eigenvalue weighted by Crippen LogP contribution is 2.39. The van der Waals surface area contributed by atoms with Crippen molar-refractivity contribution in [2.75, 3.05) is 4.90 Å². The van der Waals surface area contributed by atoms with Gasteiger partial charge < -0.3 is 9.84 Å². The molecular weight excluding hydrogens is 410 g/mol. The molecule has 6 nitrogen and oxygen atoms in total. The normalized spacial score (nSPS) is 24.6. The smallest absolute Gasteiger partial charge is 0.337 e. The zero-order valence-corrected chi connectivity index (χ0v) is 13.7. The molecule has 1 aromatic carbocycles. The number of benzene rings is 1. The molecule has 1 N–H and O–H groups in total. The Morgan fingerprint density at radius 3 is 2.29 bits per heavy atom. The number of aromatic carboxylic acids is 1. The third-order valence-corrected chi connectivity index (χ3v) is 4.56. The Morgan fingerprint density at radius 1 is 1.19 bits per heavy atom. The maximum atomic E-state index is 12.4. The maximum absolute atomic E-state index is 12.4. The summed E-state index contributed by atoms with van der Waals surface area (Å²) in [4.78, 5) is 37.1. The van der Waals surface area contributed by atoms with Gasteiger partial charge in [-0.1, -0.05) is 15.9 Å². The maximum Gasteiger partial charge on any atom is 0.337 e. The van der Waals surface area contributed by atoms with Crippen molar-refractivity contribution in [3.05, 3.63) is 26.6 Å². The number of ether oxygens (including phenoxy) is 1. The number of nitrogens with zero attached hydrogens (tertiary/aromatic N) is 1. The molecule has 2 bridgehead atoms. The standard InChI is InChI=1S/C13H9Br2NO5/c14-5-3-6(13(19)20)10(7(15)4-5)16-11(17)8-1-2-9(21-8)12(16)18/h3-4,8-9H,1-2H2,(H,19,20). The molecule has 2 aliphatic rings. The summed E-state index contributed by atoms with van der Waals surface area (Å²) in [5, 5.41) is 9.34. The van der Waals surface area contributed by atoms with E-state index in [0.29, 0.717) is 21.8 Å². The van der Waals surface area contributed by atoms with Gasteiger partial charge in [-0.3, -0.25) is 9.59 Å². The molecule has 2 amide bonds. The Kier molecular flexibility index (Phi) is 3.62. The molecule has 2 unspecified atom stereocenters. The number of morpholine rings is 1. The molecule has 2 fully saturated rings. The van der Waals surface area contributed by atoms with Crippen molar-refractivity contribution < 1.29 is 24.2 Å². The fourth-order valence-electron chi connectivity index (χ4n) is 2.57. The van der Waals surface area contributed by atoms with Crippen LogP contribution in [-0.2, 0) is 14.3 Å². The molecular formula is C13H9Br2NO5. The van der Waals surface area contributed by atoms with E-state index in [1.165, 1.54) is 6.07 Å². The van der Waals surface area contributed by atoms with Crippen LogP contribution in [0.4, 0.5) is 5.69 Å². The van der Waals surface area contributed by atoms with E-state index in [2.05, 4.69) is 31.9 Å². The number of fused-ring (bicyclic) bond motifs is 2. The van der Waals surface area contributed by atoms with E-state index in [0.717, 1.165) is 4.90 Å². The zero-order valence-electron chi connectivity index (χ0n) is 10.5. The average molecular weight is 419 g/mol. The van der Waals surface area contributed by atoms with Gasteiger partial charge >= 0.3 is 5.97 Å². The van der Waals surface area contributed by atoms with Gasteiger partial charge in [0.25, 0.3) is 11.8 Å². The van der Waals surface area contributed by atoms with Gasteiger partial charge in [0.15, 0.2) is 0 Å². The van der Waals surface area contributed by atoms with Crippen molar-refractivity contribution >= 4 is 55.3 Å². The van der Waals surface area contributed by atoms with Gasteiger partial charge in [0, 0.05) is 8.95 Å². The minimum atomic E-state index is -1.22. The fraction of sp³-hybridized carbons (Fsp3) is 0.308. The predicted molar refractivity (Wildman–Crippen MR) is 79.2 cm³/mol. The summed E-state index contributed by atoms with van der Waals surface area (Å²) in [5.41, 5.74) is -0.0693.